The second kappa shape index (κ2) is 6.13. The average molecular weight is 311 g/mol. The SMILES string of the molecule is CNC(=O)C1CNCCN1S(=O)(=O)c1ccc(C)c(C)c1. The molecule has 1 aromatic rings. The van der Waals surface area contributed by atoms with Crippen LogP contribution in [0.2, 0.25) is 0 Å². The van der Waals surface area contributed by atoms with E-state index in [2.05, 4.69) is 10.6 Å². The van der Waals surface area contributed by atoms with Crippen molar-refractivity contribution in [2.75, 3.05) is 26.7 Å². The number of hydrogen-bond donors (Lipinski definition) is 2. The van der Waals surface area contributed by atoms with E-state index in [9.17, 15) is 13.2 Å². The van der Waals surface area contributed by atoms with E-state index in [4.69, 9.17) is 0 Å². The van der Waals surface area contributed by atoms with Crippen molar-refractivity contribution in [3.63, 3.8) is 0 Å². The molecular weight excluding hydrogens is 290 g/mol. The molecule has 0 aliphatic carbocycles. The lowest BCUT2D eigenvalue weighted by Gasteiger charge is -2.33. The van der Waals surface area contributed by atoms with Crippen molar-refractivity contribution < 1.29 is 13.2 Å². The van der Waals surface area contributed by atoms with Crippen LogP contribution in [0.15, 0.2) is 23.1 Å². The normalized spacial score (nSPS) is 20.2. The maximum Gasteiger partial charge on any atom is 0.243 e. The number of carbonyl (C=O) groups excluding carboxylic acids is 1. The zero-order chi connectivity index (χ0) is 15.6. The highest BCUT2D eigenvalue weighted by Gasteiger charge is 2.37. The molecule has 7 heteroatoms. The summed E-state index contributed by atoms with van der Waals surface area (Å²) < 4.78 is 26.9. The van der Waals surface area contributed by atoms with Gasteiger partial charge >= 0.3 is 0 Å². The lowest BCUT2D eigenvalue weighted by atomic mass is 10.1. The number of amides is 1. The summed E-state index contributed by atoms with van der Waals surface area (Å²) in [7, 11) is -2.16. The lowest BCUT2D eigenvalue weighted by molar-refractivity contribution is -0.124. The minimum atomic E-state index is -3.67. The Morgan fingerprint density at radius 3 is 2.67 bits per heavy atom. The zero-order valence-corrected chi connectivity index (χ0v) is 13.3. The van der Waals surface area contributed by atoms with E-state index < -0.39 is 16.1 Å². The molecule has 116 valence electrons. The topological polar surface area (TPSA) is 78.5 Å². The Hall–Kier alpha value is -1.44. The predicted molar refractivity (Wildman–Crippen MR) is 80.5 cm³/mol. The first-order chi connectivity index (χ1) is 9.87. The number of sulfonamides is 1. The Kier molecular flexibility index (Phi) is 4.65. The van der Waals surface area contributed by atoms with Gasteiger partial charge in [0.25, 0.3) is 0 Å². The fraction of sp³-hybridized carbons (Fsp3) is 0.500. The smallest absolute Gasteiger partial charge is 0.243 e. The van der Waals surface area contributed by atoms with E-state index in [1.165, 1.54) is 11.4 Å². The van der Waals surface area contributed by atoms with Gasteiger partial charge in [-0.25, -0.2) is 8.42 Å². The van der Waals surface area contributed by atoms with E-state index in [0.717, 1.165) is 11.1 Å². The van der Waals surface area contributed by atoms with Crippen LogP contribution >= 0.6 is 0 Å². The number of piperazine rings is 1. The van der Waals surface area contributed by atoms with Gasteiger partial charge in [0.15, 0.2) is 0 Å². The van der Waals surface area contributed by atoms with Gasteiger partial charge in [-0.1, -0.05) is 6.07 Å². The maximum absolute atomic E-state index is 12.8. The maximum atomic E-state index is 12.8. The van der Waals surface area contributed by atoms with Crippen LogP contribution in [0.1, 0.15) is 11.1 Å². The van der Waals surface area contributed by atoms with Gasteiger partial charge in [0.1, 0.15) is 6.04 Å². The van der Waals surface area contributed by atoms with Gasteiger partial charge in [-0.05, 0) is 37.1 Å². The molecule has 2 rings (SSSR count). The molecule has 0 radical (unpaired) electrons. The summed E-state index contributed by atoms with van der Waals surface area (Å²) in [5.74, 6) is -0.297. The molecule has 1 aliphatic rings. The van der Waals surface area contributed by atoms with Crippen molar-refractivity contribution in [3.8, 4) is 0 Å². The highest BCUT2D eigenvalue weighted by atomic mass is 32.2. The molecule has 0 aromatic heterocycles. The summed E-state index contributed by atoms with van der Waals surface area (Å²) in [5, 5.41) is 5.58. The molecule has 1 saturated heterocycles. The van der Waals surface area contributed by atoms with Gasteiger partial charge in [0.2, 0.25) is 15.9 Å². The number of benzene rings is 1. The first-order valence-electron chi connectivity index (χ1n) is 6.89. The molecule has 1 unspecified atom stereocenters. The van der Waals surface area contributed by atoms with Crippen LogP contribution in [0.5, 0.6) is 0 Å². The van der Waals surface area contributed by atoms with Gasteiger partial charge < -0.3 is 10.6 Å². The summed E-state index contributed by atoms with van der Waals surface area (Å²) in [6, 6.07) is 4.34. The Morgan fingerprint density at radius 2 is 2.05 bits per heavy atom. The highest BCUT2D eigenvalue weighted by Crippen LogP contribution is 2.21. The Morgan fingerprint density at radius 1 is 1.33 bits per heavy atom. The number of aryl methyl sites for hydroxylation is 2. The van der Waals surface area contributed by atoms with Crippen molar-refractivity contribution in [1.82, 2.24) is 14.9 Å². The van der Waals surface area contributed by atoms with Crippen molar-refractivity contribution in [3.05, 3.63) is 29.3 Å². The van der Waals surface area contributed by atoms with Crippen molar-refractivity contribution in [1.29, 1.82) is 0 Å². The highest BCUT2D eigenvalue weighted by molar-refractivity contribution is 7.89. The van der Waals surface area contributed by atoms with Crippen LogP contribution in [0, 0.1) is 13.8 Å². The molecule has 1 amide bonds. The van der Waals surface area contributed by atoms with E-state index >= 15 is 0 Å². The van der Waals surface area contributed by atoms with Gasteiger partial charge in [-0.3, -0.25) is 4.79 Å². The summed E-state index contributed by atoms with van der Waals surface area (Å²) in [6.45, 7) is 4.96. The molecule has 1 fully saturated rings. The second-order valence-electron chi connectivity index (χ2n) is 5.20. The largest absolute Gasteiger partial charge is 0.358 e. The first-order valence-corrected chi connectivity index (χ1v) is 8.33. The van der Waals surface area contributed by atoms with E-state index in [-0.39, 0.29) is 17.3 Å². The number of nitrogens with zero attached hydrogens (tertiary/aromatic N) is 1. The van der Waals surface area contributed by atoms with Gasteiger partial charge in [0, 0.05) is 26.7 Å². The van der Waals surface area contributed by atoms with Crippen LogP contribution in [0.25, 0.3) is 0 Å². The third-order valence-electron chi connectivity index (χ3n) is 3.83. The Balaban J connectivity index is 2.40. The van der Waals surface area contributed by atoms with Crippen LogP contribution < -0.4 is 10.6 Å². The van der Waals surface area contributed by atoms with Crippen molar-refractivity contribution in [2.45, 2.75) is 24.8 Å². The third-order valence-corrected chi connectivity index (χ3v) is 5.73. The summed E-state index contributed by atoms with van der Waals surface area (Å²) in [5.41, 5.74) is 1.96. The fourth-order valence-electron chi connectivity index (χ4n) is 2.37. The number of carbonyl (C=O) groups is 1. The lowest BCUT2D eigenvalue weighted by Crippen LogP contribution is -2.59. The predicted octanol–water partition coefficient (Wildman–Crippen LogP) is 0.0119. The molecule has 6 nitrogen and oxygen atoms in total. The summed E-state index contributed by atoms with van der Waals surface area (Å²) in [4.78, 5) is 12.2. The average Bonchev–Trinajstić information content (AvgIpc) is 2.49. The van der Waals surface area contributed by atoms with Crippen molar-refractivity contribution >= 4 is 15.9 Å². The van der Waals surface area contributed by atoms with Crippen LogP contribution in [0.4, 0.5) is 0 Å². The third kappa shape index (κ3) is 3.09. The van der Waals surface area contributed by atoms with Gasteiger partial charge in [-0.2, -0.15) is 4.31 Å². The first kappa shape index (κ1) is 15.9. The zero-order valence-electron chi connectivity index (χ0n) is 12.5. The summed E-state index contributed by atoms with van der Waals surface area (Å²) in [6.07, 6.45) is 0. The van der Waals surface area contributed by atoms with E-state index in [1.807, 2.05) is 13.8 Å². The van der Waals surface area contributed by atoms with E-state index in [1.54, 1.807) is 18.2 Å². The van der Waals surface area contributed by atoms with E-state index in [0.29, 0.717) is 13.1 Å². The Bertz CT molecular complexity index is 643. The minimum Gasteiger partial charge on any atom is -0.358 e. The molecule has 21 heavy (non-hydrogen) atoms. The molecule has 1 aromatic carbocycles. The van der Waals surface area contributed by atoms with Crippen molar-refractivity contribution in [2.24, 2.45) is 0 Å². The molecule has 0 bridgehead atoms. The Labute approximate surface area is 125 Å². The fourth-order valence-corrected chi connectivity index (χ4v) is 4.05. The number of nitrogens with one attached hydrogen (secondary N) is 2. The molecule has 1 aliphatic heterocycles. The summed E-state index contributed by atoms with van der Waals surface area (Å²) >= 11 is 0. The van der Waals surface area contributed by atoms with Crippen LogP contribution in [0.3, 0.4) is 0 Å². The molecule has 0 saturated carbocycles. The minimum absolute atomic E-state index is 0.237. The van der Waals surface area contributed by atoms with Crippen LogP contribution in [-0.4, -0.2) is 51.4 Å². The monoisotopic (exact) mass is 311 g/mol. The molecular formula is C14H21N3O3S. The van der Waals surface area contributed by atoms with Crippen LogP contribution in [-0.2, 0) is 14.8 Å². The molecule has 2 N–H and O–H groups in total. The number of likely N-dealkylation sites (N-methyl/N-ethyl adjacent to an activating group) is 1. The quantitative estimate of drug-likeness (QED) is 0.824. The standard InChI is InChI=1S/C14H21N3O3S/c1-10-4-5-12(8-11(10)2)21(19,20)17-7-6-16-9-13(17)14(18)15-3/h4-5,8,13,16H,6-7,9H2,1-3H3,(H,15,18). The number of hydrogen-bond acceptors (Lipinski definition) is 4. The molecule has 0 spiro atoms. The second-order valence-corrected chi connectivity index (χ2v) is 7.09. The van der Waals surface area contributed by atoms with Gasteiger partial charge in [0.05, 0.1) is 4.90 Å². The van der Waals surface area contributed by atoms with Gasteiger partial charge in [-0.15, -0.1) is 0 Å². The number of rotatable bonds is 3. The molecule has 1 atom stereocenters. The molecule has 1 heterocycles.